The number of carbonyl (C=O) groups is 1. The van der Waals surface area contributed by atoms with Crippen LogP contribution < -0.4 is 5.32 Å². The molecule has 0 atom stereocenters. The van der Waals surface area contributed by atoms with E-state index in [1.807, 2.05) is 32.9 Å². The van der Waals surface area contributed by atoms with Crippen LogP contribution in [0.25, 0.3) is 0 Å². The van der Waals surface area contributed by atoms with Gasteiger partial charge in [-0.2, -0.15) is 5.10 Å². The molecule has 1 amide bonds. The number of para-hydroxylation sites is 1. The molecule has 0 saturated heterocycles. The van der Waals surface area contributed by atoms with Gasteiger partial charge in [-0.05, 0) is 17.0 Å². The first-order chi connectivity index (χ1) is 10.2. The van der Waals surface area contributed by atoms with E-state index < -0.39 is 18.0 Å². The lowest BCUT2D eigenvalue weighted by molar-refractivity contribution is 0.101. The molecule has 1 aromatic carbocycles. The fourth-order valence-corrected chi connectivity index (χ4v) is 2.28. The first-order valence-electron chi connectivity index (χ1n) is 6.92. The topological polar surface area (TPSA) is 46.9 Å². The van der Waals surface area contributed by atoms with Crippen LogP contribution in [-0.4, -0.2) is 15.7 Å². The summed E-state index contributed by atoms with van der Waals surface area (Å²) < 4.78 is 27.1. The smallest absolute Gasteiger partial charge is 0.282 e. The summed E-state index contributed by atoms with van der Waals surface area (Å²) in [4.78, 5) is 12.3. The zero-order valence-corrected chi connectivity index (χ0v) is 13.0. The van der Waals surface area contributed by atoms with Crippen molar-refractivity contribution in [1.82, 2.24) is 9.78 Å². The number of amides is 1. The molecule has 118 valence electrons. The Bertz CT molecular complexity index is 687. The van der Waals surface area contributed by atoms with E-state index in [9.17, 15) is 13.6 Å². The van der Waals surface area contributed by atoms with Crippen molar-refractivity contribution in [3.8, 4) is 0 Å². The van der Waals surface area contributed by atoms with Gasteiger partial charge in [0.25, 0.3) is 12.3 Å². The number of carbonyl (C=O) groups excluding carboxylic acids is 1. The van der Waals surface area contributed by atoms with E-state index in [0.717, 1.165) is 5.56 Å². The second kappa shape index (κ2) is 5.87. The SMILES string of the molecule is Cn1cc(C(=O)Nc2ccccc2C(C)(C)C)c(C(F)F)n1. The second-order valence-electron chi connectivity index (χ2n) is 6.15. The monoisotopic (exact) mass is 307 g/mol. The van der Waals surface area contributed by atoms with E-state index in [-0.39, 0.29) is 11.0 Å². The van der Waals surface area contributed by atoms with Gasteiger partial charge in [0, 0.05) is 18.9 Å². The molecule has 0 saturated carbocycles. The van der Waals surface area contributed by atoms with Crippen LogP contribution in [0.2, 0.25) is 0 Å². The molecule has 0 spiro atoms. The highest BCUT2D eigenvalue weighted by Gasteiger charge is 2.24. The van der Waals surface area contributed by atoms with Crippen LogP contribution in [0.4, 0.5) is 14.5 Å². The minimum atomic E-state index is -2.79. The zero-order chi connectivity index (χ0) is 16.5. The normalized spacial score (nSPS) is 11.8. The molecule has 1 N–H and O–H groups in total. The predicted octanol–water partition coefficient (Wildman–Crippen LogP) is 3.91. The number of rotatable bonds is 3. The molecular weight excluding hydrogens is 288 g/mol. The van der Waals surface area contributed by atoms with Gasteiger partial charge in [-0.15, -0.1) is 0 Å². The fourth-order valence-electron chi connectivity index (χ4n) is 2.28. The van der Waals surface area contributed by atoms with E-state index in [1.54, 1.807) is 12.1 Å². The molecule has 22 heavy (non-hydrogen) atoms. The molecule has 0 bridgehead atoms. The van der Waals surface area contributed by atoms with Crippen LogP contribution >= 0.6 is 0 Å². The van der Waals surface area contributed by atoms with Crippen molar-refractivity contribution in [2.45, 2.75) is 32.6 Å². The highest BCUT2D eigenvalue weighted by molar-refractivity contribution is 6.05. The maximum Gasteiger partial charge on any atom is 0.282 e. The molecule has 0 aliphatic carbocycles. The van der Waals surface area contributed by atoms with Crippen molar-refractivity contribution in [2.24, 2.45) is 7.05 Å². The van der Waals surface area contributed by atoms with Crippen LogP contribution in [0, 0.1) is 0 Å². The predicted molar refractivity (Wildman–Crippen MR) is 81.3 cm³/mol. The van der Waals surface area contributed by atoms with Gasteiger partial charge in [-0.3, -0.25) is 9.48 Å². The number of nitrogens with one attached hydrogen (secondary N) is 1. The van der Waals surface area contributed by atoms with Crippen LogP contribution in [0.5, 0.6) is 0 Å². The summed E-state index contributed by atoms with van der Waals surface area (Å²) >= 11 is 0. The second-order valence-corrected chi connectivity index (χ2v) is 6.15. The quantitative estimate of drug-likeness (QED) is 0.934. The molecule has 2 rings (SSSR count). The molecule has 2 aromatic rings. The van der Waals surface area contributed by atoms with Crippen LogP contribution in [0.1, 0.15) is 48.8 Å². The Labute approximate surface area is 128 Å². The Morgan fingerprint density at radius 1 is 1.27 bits per heavy atom. The third-order valence-corrected chi connectivity index (χ3v) is 3.29. The third-order valence-electron chi connectivity index (χ3n) is 3.29. The molecule has 0 radical (unpaired) electrons. The van der Waals surface area contributed by atoms with E-state index in [0.29, 0.717) is 5.69 Å². The standard InChI is InChI=1S/C16H19F2N3O/c1-16(2,3)11-7-5-6-8-12(11)19-15(22)10-9-21(4)20-13(10)14(17)18/h5-9,14H,1-4H3,(H,19,22). The first-order valence-corrected chi connectivity index (χ1v) is 6.92. The molecule has 6 heteroatoms. The lowest BCUT2D eigenvalue weighted by Crippen LogP contribution is -2.19. The summed E-state index contributed by atoms with van der Waals surface area (Å²) in [5.41, 5.74) is 0.758. The van der Waals surface area contributed by atoms with Gasteiger partial charge < -0.3 is 5.32 Å². The molecule has 0 fully saturated rings. The summed E-state index contributed by atoms with van der Waals surface area (Å²) in [5, 5.41) is 6.37. The van der Waals surface area contributed by atoms with E-state index in [4.69, 9.17) is 0 Å². The van der Waals surface area contributed by atoms with Gasteiger partial charge in [-0.1, -0.05) is 39.0 Å². The van der Waals surface area contributed by atoms with Crippen molar-refractivity contribution < 1.29 is 13.6 Å². The molecule has 1 aromatic heterocycles. The summed E-state index contributed by atoms with van der Waals surface area (Å²) in [5.74, 6) is -0.583. The molecule has 0 aliphatic rings. The summed E-state index contributed by atoms with van der Waals surface area (Å²) in [6, 6.07) is 7.34. The lowest BCUT2D eigenvalue weighted by Gasteiger charge is -2.23. The Kier molecular flexibility index (Phi) is 4.30. The Hall–Kier alpha value is -2.24. The van der Waals surface area contributed by atoms with Crippen LogP contribution in [0.3, 0.4) is 0 Å². The third kappa shape index (κ3) is 3.32. The van der Waals surface area contributed by atoms with Gasteiger partial charge >= 0.3 is 0 Å². The highest BCUT2D eigenvalue weighted by Crippen LogP contribution is 2.30. The van der Waals surface area contributed by atoms with Crippen molar-refractivity contribution in [3.63, 3.8) is 0 Å². The summed E-state index contributed by atoms with van der Waals surface area (Å²) in [6.45, 7) is 6.06. The van der Waals surface area contributed by atoms with Crippen molar-refractivity contribution in [2.75, 3.05) is 5.32 Å². The molecule has 0 unspecified atom stereocenters. The Morgan fingerprint density at radius 2 is 1.91 bits per heavy atom. The van der Waals surface area contributed by atoms with Gasteiger partial charge in [0.05, 0.1) is 5.56 Å². The maximum atomic E-state index is 13.0. The van der Waals surface area contributed by atoms with Crippen molar-refractivity contribution >= 4 is 11.6 Å². The van der Waals surface area contributed by atoms with E-state index >= 15 is 0 Å². The Balaban J connectivity index is 2.35. The molecule has 4 nitrogen and oxygen atoms in total. The molecule has 1 heterocycles. The first kappa shape index (κ1) is 16.1. The lowest BCUT2D eigenvalue weighted by atomic mass is 9.86. The van der Waals surface area contributed by atoms with Gasteiger partial charge in [0.15, 0.2) is 0 Å². The fraction of sp³-hybridized carbons (Fsp3) is 0.375. The number of aromatic nitrogens is 2. The number of benzene rings is 1. The molecular formula is C16H19F2N3O. The van der Waals surface area contributed by atoms with Gasteiger partial charge in [0.1, 0.15) is 5.69 Å². The average molecular weight is 307 g/mol. The maximum absolute atomic E-state index is 13.0. The zero-order valence-electron chi connectivity index (χ0n) is 13.0. The van der Waals surface area contributed by atoms with E-state index in [1.165, 1.54) is 17.9 Å². The average Bonchev–Trinajstić information content (AvgIpc) is 2.80. The minimum absolute atomic E-state index is 0.110. The van der Waals surface area contributed by atoms with Crippen LogP contribution in [0.15, 0.2) is 30.5 Å². The summed E-state index contributed by atoms with van der Waals surface area (Å²) in [6.07, 6.45) is -1.49. The van der Waals surface area contributed by atoms with Crippen molar-refractivity contribution in [3.05, 3.63) is 47.3 Å². The largest absolute Gasteiger partial charge is 0.322 e. The number of hydrogen-bond donors (Lipinski definition) is 1. The number of anilines is 1. The number of nitrogens with zero attached hydrogens (tertiary/aromatic N) is 2. The minimum Gasteiger partial charge on any atom is -0.322 e. The number of hydrogen-bond acceptors (Lipinski definition) is 2. The Morgan fingerprint density at radius 3 is 2.50 bits per heavy atom. The molecule has 0 aliphatic heterocycles. The number of halogens is 2. The number of alkyl halides is 2. The number of aryl methyl sites for hydroxylation is 1. The van der Waals surface area contributed by atoms with Gasteiger partial charge in [-0.25, -0.2) is 8.78 Å². The summed E-state index contributed by atoms with van der Waals surface area (Å²) in [7, 11) is 1.51. The van der Waals surface area contributed by atoms with Crippen molar-refractivity contribution in [1.29, 1.82) is 0 Å². The van der Waals surface area contributed by atoms with Crippen LogP contribution in [-0.2, 0) is 12.5 Å². The van der Waals surface area contributed by atoms with E-state index in [2.05, 4.69) is 10.4 Å². The highest BCUT2D eigenvalue weighted by atomic mass is 19.3. The van der Waals surface area contributed by atoms with Gasteiger partial charge in [0.2, 0.25) is 0 Å².